The van der Waals surface area contributed by atoms with Gasteiger partial charge in [0.25, 0.3) is 5.91 Å². The zero-order valence-electron chi connectivity index (χ0n) is 13.1. The highest BCUT2D eigenvalue weighted by molar-refractivity contribution is 6.12. The van der Waals surface area contributed by atoms with Gasteiger partial charge in [0.15, 0.2) is 0 Å². The topological polar surface area (TPSA) is 40.5 Å². The van der Waals surface area contributed by atoms with Crippen LogP contribution in [-0.2, 0) is 5.72 Å². The molecule has 3 nitrogen and oxygen atoms in total. The third kappa shape index (κ3) is 2.62. The largest absolute Gasteiger partial charge is 0.357 e. The minimum Gasteiger partial charge on any atom is -0.357 e. The van der Waals surface area contributed by atoms with Gasteiger partial charge in [-0.25, -0.2) is 0 Å². The number of carbonyl (C=O) groups excluding carboxylic acids is 1. The monoisotopic (exact) mass is 305 g/mol. The smallest absolute Gasteiger partial charge is 0.262 e. The van der Waals surface area contributed by atoms with Gasteiger partial charge in [0.05, 0.1) is 0 Å². The van der Waals surface area contributed by atoms with Crippen LogP contribution in [0, 0.1) is 11.8 Å². The molecule has 1 aliphatic rings. The van der Waals surface area contributed by atoms with Crippen LogP contribution in [0.3, 0.4) is 0 Å². The summed E-state index contributed by atoms with van der Waals surface area (Å²) in [5.74, 6) is 5.75. The number of amides is 1. The van der Waals surface area contributed by atoms with Crippen molar-refractivity contribution in [2.75, 3.05) is 4.90 Å². The molecule has 0 aliphatic carbocycles. The van der Waals surface area contributed by atoms with E-state index in [1.165, 1.54) is 4.90 Å². The van der Waals surface area contributed by atoms with Crippen molar-refractivity contribution < 1.29 is 9.90 Å². The zero-order chi connectivity index (χ0) is 16.3. The van der Waals surface area contributed by atoms with Gasteiger partial charge in [-0.1, -0.05) is 55.7 Å². The summed E-state index contributed by atoms with van der Waals surface area (Å²) in [7, 11) is 0. The maximum atomic E-state index is 12.8. The van der Waals surface area contributed by atoms with Gasteiger partial charge in [0, 0.05) is 23.2 Å². The molecule has 2 aromatic rings. The van der Waals surface area contributed by atoms with Crippen LogP contribution >= 0.6 is 0 Å². The fourth-order valence-electron chi connectivity index (χ4n) is 2.82. The molecule has 1 atom stereocenters. The van der Waals surface area contributed by atoms with E-state index < -0.39 is 5.72 Å². The lowest BCUT2D eigenvalue weighted by atomic mass is 10.0. The summed E-state index contributed by atoms with van der Waals surface area (Å²) in [6, 6.07) is 16.3. The molecule has 0 unspecified atom stereocenters. The van der Waals surface area contributed by atoms with E-state index in [2.05, 4.69) is 18.8 Å². The summed E-state index contributed by atoms with van der Waals surface area (Å²) in [6.45, 7) is 2.10. The molecule has 1 amide bonds. The Morgan fingerprint density at radius 2 is 1.78 bits per heavy atom. The highest BCUT2D eigenvalue weighted by Crippen LogP contribution is 2.40. The maximum Gasteiger partial charge on any atom is 0.262 e. The molecule has 0 fully saturated rings. The molecule has 0 radical (unpaired) electrons. The van der Waals surface area contributed by atoms with Gasteiger partial charge < -0.3 is 5.11 Å². The van der Waals surface area contributed by atoms with Crippen molar-refractivity contribution >= 4 is 11.6 Å². The van der Waals surface area contributed by atoms with Crippen LogP contribution in [0.1, 0.15) is 42.1 Å². The number of aliphatic hydroxyl groups is 1. The summed E-state index contributed by atoms with van der Waals surface area (Å²) in [6.07, 6.45) is 2.73. The lowest BCUT2D eigenvalue weighted by Gasteiger charge is -2.29. The summed E-state index contributed by atoms with van der Waals surface area (Å²) < 4.78 is 0. The number of hydrogen-bond acceptors (Lipinski definition) is 2. The summed E-state index contributed by atoms with van der Waals surface area (Å²) in [4.78, 5) is 14.2. The van der Waals surface area contributed by atoms with Gasteiger partial charge in [0.2, 0.25) is 5.72 Å². The predicted molar refractivity (Wildman–Crippen MR) is 90.9 cm³/mol. The van der Waals surface area contributed by atoms with Crippen LogP contribution in [-0.4, -0.2) is 11.0 Å². The number of rotatable bonds is 3. The van der Waals surface area contributed by atoms with Crippen LogP contribution in [0.5, 0.6) is 0 Å². The standard InChI is InChI=1S/C20H19NO2/c1-2-3-4-10-15-20(23)18-14-9-8-13-17(18)19(22)21(20)16-11-6-5-7-12-16/h5-9,11-14,23H,2-4H2,1H3/t20-/m1/s1. The van der Waals surface area contributed by atoms with E-state index in [1.54, 1.807) is 18.2 Å². The van der Waals surface area contributed by atoms with E-state index in [0.29, 0.717) is 23.2 Å². The number of para-hydroxylation sites is 1. The van der Waals surface area contributed by atoms with Gasteiger partial charge in [-0.3, -0.25) is 9.69 Å². The third-order valence-electron chi connectivity index (χ3n) is 3.99. The number of fused-ring (bicyclic) bond motifs is 1. The Morgan fingerprint density at radius 1 is 1.09 bits per heavy atom. The van der Waals surface area contributed by atoms with E-state index in [0.717, 1.165) is 12.8 Å². The molecule has 0 bridgehead atoms. The van der Waals surface area contributed by atoms with E-state index in [9.17, 15) is 9.90 Å². The summed E-state index contributed by atoms with van der Waals surface area (Å²) in [5, 5.41) is 11.3. The minimum atomic E-state index is -1.61. The quantitative estimate of drug-likeness (QED) is 0.694. The Morgan fingerprint density at radius 3 is 2.52 bits per heavy atom. The Labute approximate surface area is 136 Å². The predicted octanol–water partition coefficient (Wildman–Crippen LogP) is 3.69. The number of nitrogens with zero attached hydrogens (tertiary/aromatic N) is 1. The number of carbonyl (C=O) groups is 1. The molecular formula is C20H19NO2. The van der Waals surface area contributed by atoms with Crippen LogP contribution in [0.2, 0.25) is 0 Å². The van der Waals surface area contributed by atoms with Gasteiger partial charge in [-0.15, -0.1) is 0 Å². The van der Waals surface area contributed by atoms with Crippen LogP contribution in [0.15, 0.2) is 54.6 Å². The first kappa shape index (κ1) is 15.3. The maximum absolute atomic E-state index is 12.8. The van der Waals surface area contributed by atoms with Crippen LogP contribution in [0.25, 0.3) is 0 Å². The van der Waals surface area contributed by atoms with Crippen molar-refractivity contribution in [2.45, 2.75) is 31.9 Å². The van der Waals surface area contributed by atoms with Crippen molar-refractivity contribution in [3.63, 3.8) is 0 Å². The van der Waals surface area contributed by atoms with Crippen molar-refractivity contribution in [2.24, 2.45) is 0 Å². The molecule has 1 aliphatic heterocycles. The number of unbranched alkanes of at least 4 members (excludes halogenated alkanes) is 2. The lowest BCUT2D eigenvalue weighted by molar-refractivity contribution is 0.0792. The third-order valence-corrected chi connectivity index (χ3v) is 3.99. The van der Waals surface area contributed by atoms with E-state index >= 15 is 0 Å². The molecule has 0 saturated carbocycles. The minimum absolute atomic E-state index is 0.223. The second-order valence-electron chi connectivity index (χ2n) is 5.60. The van der Waals surface area contributed by atoms with Gasteiger partial charge in [-0.2, -0.15) is 0 Å². The molecule has 2 aromatic carbocycles. The van der Waals surface area contributed by atoms with Crippen molar-refractivity contribution in [3.05, 3.63) is 65.7 Å². The highest BCUT2D eigenvalue weighted by Gasteiger charge is 2.48. The SMILES string of the molecule is CCCCC#C[C@@]1(O)c2ccccc2C(=O)N1c1ccccc1. The first-order chi connectivity index (χ1) is 11.2. The van der Waals surface area contributed by atoms with Gasteiger partial charge in [-0.05, 0) is 30.5 Å². The average molecular weight is 305 g/mol. The highest BCUT2D eigenvalue weighted by atomic mass is 16.3. The second-order valence-corrected chi connectivity index (χ2v) is 5.60. The molecule has 1 heterocycles. The molecule has 3 rings (SSSR count). The molecule has 3 heteroatoms. The number of hydrogen-bond donors (Lipinski definition) is 1. The zero-order valence-corrected chi connectivity index (χ0v) is 13.1. The summed E-state index contributed by atoms with van der Waals surface area (Å²) in [5.41, 5.74) is 0.0884. The lowest BCUT2D eigenvalue weighted by Crippen LogP contribution is -2.43. The molecule has 1 N–H and O–H groups in total. The fraction of sp³-hybridized carbons (Fsp3) is 0.250. The van der Waals surface area contributed by atoms with Gasteiger partial charge in [0.1, 0.15) is 0 Å². The van der Waals surface area contributed by atoms with E-state index in [4.69, 9.17) is 0 Å². The first-order valence-electron chi connectivity index (χ1n) is 7.90. The van der Waals surface area contributed by atoms with E-state index in [1.807, 2.05) is 36.4 Å². The Hall–Kier alpha value is -2.57. The Balaban J connectivity index is 2.10. The fourth-order valence-corrected chi connectivity index (χ4v) is 2.82. The van der Waals surface area contributed by atoms with Crippen LogP contribution in [0.4, 0.5) is 5.69 Å². The average Bonchev–Trinajstić information content (AvgIpc) is 2.81. The van der Waals surface area contributed by atoms with E-state index in [-0.39, 0.29) is 5.91 Å². The molecule has 0 spiro atoms. The van der Waals surface area contributed by atoms with Crippen molar-refractivity contribution in [3.8, 4) is 11.8 Å². The van der Waals surface area contributed by atoms with Crippen LogP contribution < -0.4 is 4.90 Å². The normalized spacial score (nSPS) is 19.2. The second kappa shape index (κ2) is 6.28. The number of anilines is 1. The first-order valence-corrected chi connectivity index (χ1v) is 7.90. The number of benzene rings is 2. The molecule has 23 heavy (non-hydrogen) atoms. The molecule has 116 valence electrons. The molecular weight excluding hydrogens is 286 g/mol. The Bertz CT molecular complexity index is 773. The Kier molecular flexibility index (Phi) is 4.18. The molecule has 0 aromatic heterocycles. The van der Waals surface area contributed by atoms with Gasteiger partial charge >= 0.3 is 0 Å². The van der Waals surface area contributed by atoms with Crippen molar-refractivity contribution in [1.82, 2.24) is 0 Å². The van der Waals surface area contributed by atoms with Crippen molar-refractivity contribution in [1.29, 1.82) is 0 Å². The summed E-state index contributed by atoms with van der Waals surface area (Å²) >= 11 is 0. The molecule has 0 saturated heterocycles.